The van der Waals surface area contributed by atoms with E-state index in [1.54, 1.807) is 0 Å². The van der Waals surface area contributed by atoms with Crippen molar-refractivity contribution in [2.24, 2.45) is 0 Å². The smallest absolute Gasteiger partial charge is 0.321 e. The highest BCUT2D eigenvalue weighted by molar-refractivity contribution is 7.87. The number of aliphatic carboxylic acids is 1. The van der Waals surface area contributed by atoms with Crippen LogP contribution in [0.5, 0.6) is 0 Å². The largest absolute Gasteiger partial charge is 0.480 e. The van der Waals surface area contributed by atoms with E-state index in [9.17, 15) is 13.2 Å². The molecule has 0 radical (unpaired) electrons. The van der Waals surface area contributed by atoms with Gasteiger partial charge in [-0.25, -0.2) is 0 Å². The average molecular weight is 256 g/mol. The van der Waals surface area contributed by atoms with Gasteiger partial charge in [0.1, 0.15) is 6.04 Å². The highest BCUT2D eigenvalue weighted by Crippen LogP contribution is 1.93. The van der Waals surface area contributed by atoms with Gasteiger partial charge in [0.15, 0.2) is 0 Å². The zero-order valence-corrected chi connectivity index (χ0v) is 9.66. The molecular formula is C7H16N2O6S. The molecule has 9 heteroatoms. The molecule has 0 fully saturated rings. The monoisotopic (exact) mass is 256 g/mol. The van der Waals surface area contributed by atoms with Crippen molar-refractivity contribution in [3.05, 3.63) is 0 Å². The number of carboxylic acid groups (broad SMARTS) is 1. The van der Waals surface area contributed by atoms with E-state index in [0.717, 1.165) is 0 Å². The Morgan fingerprint density at radius 1 is 1.50 bits per heavy atom. The highest BCUT2D eigenvalue weighted by Gasteiger charge is 2.22. The Labute approximate surface area is 93.8 Å². The van der Waals surface area contributed by atoms with Gasteiger partial charge in [0.05, 0.1) is 6.61 Å². The van der Waals surface area contributed by atoms with Crippen molar-refractivity contribution in [2.45, 2.75) is 12.5 Å². The third-order valence-electron chi connectivity index (χ3n) is 1.61. The van der Waals surface area contributed by atoms with Gasteiger partial charge in [0.25, 0.3) is 10.2 Å². The third-order valence-corrected chi connectivity index (χ3v) is 2.79. The predicted octanol–water partition coefficient (Wildman–Crippen LogP) is -2.11. The SMILES string of the molecule is COCCNS(=O)(=O)N[C@@H](CCO)C(=O)O. The fourth-order valence-electron chi connectivity index (χ4n) is 0.869. The Morgan fingerprint density at radius 3 is 2.56 bits per heavy atom. The number of carboxylic acids is 1. The molecular weight excluding hydrogens is 240 g/mol. The van der Waals surface area contributed by atoms with E-state index < -0.39 is 28.8 Å². The minimum Gasteiger partial charge on any atom is -0.480 e. The molecule has 0 aliphatic carbocycles. The standard InChI is InChI=1S/C7H16N2O6S/c1-15-5-3-8-16(13,14)9-6(2-4-10)7(11)12/h6,8-10H,2-5H2,1H3,(H,11,12)/t6-/m0/s1. The normalized spacial score (nSPS) is 13.6. The van der Waals surface area contributed by atoms with Gasteiger partial charge in [0.2, 0.25) is 0 Å². The molecule has 0 amide bonds. The van der Waals surface area contributed by atoms with Crippen molar-refractivity contribution in [1.82, 2.24) is 9.44 Å². The van der Waals surface area contributed by atoms with Gasteiger partial charge in [0, 0.05) is 20.3 Å². The van der Waals surface area contributed by atoms with Crippen molar-refractivity contribution < 1.29 is 28.2 Å². The summed E-state index contributed by atoms with van der Waals surface area (Å²) in [6.07, 6.45) is -0.194. The second-order valence-corrected chi connectivity index (χ2v) is 4.44. The van der Waals surface area contributed by atoms with Crippen LogP contribution in [0.15, 0.2) is 0 Å². The summed E-state index contributed by atoms with van der Waals surface area (Å²) in [7, 11) is -2.48. The van der Waals surface area contributed by atoms with Crippen LogP contribution in [0, 0.1) is 0 Å². The molecule has 0 saturated carbocycles. The molecule has 8 nitrogen and oxygen atoms in total. The van der Waals surface area contributed by atoms with E-state index in [0.29, 0.717) is 0 Å². The molecule has 0 heterocycles. The lowest BCUT2D eigenvalue weighted by Gasteiger charge is -2.13. The number of hydrogen-bond donors (Lipinski definition) is 4. The summed E-state index contributed by atoms with van der Waals surface area (Å²) >= 11 is 0. The first-order chi connectivity index (χ1) is 7.43. The van der Waals surface area contributed by atoms with Crippen LogP contribution in [-0.2, 0) is 19.7 Å². The van der Waals surface area contributed by atoms with E-state index in [4.69, 9.17) is 10.2 Å². The van der Waals surface area contributed by atoms with E-state index in [1.165, 1.54) is 7.11 Å². The first-order valence-electron chi connectivity index (χ1n) is 4.52. The molecule has 0 aliphatic heterocycles. The number of carbonyl (C=O) groups is 1. The van der Waals surface area contributed by atoms with Crippen LogP contribution in [-0.4, -0.2) is 57.5 Å². The molecule has 4 N–H and O–H groups in total. The Morgan fingerprint density at radius 2 is 2.12 bits per heavy atom. The Bertz CT molecular complexity index is 304. The summed E-state index contributed by atoms with van der Waals surface area (Å²) in [4.78, 5) is 10.6. The summed E-state index contributed by atoms with van der Waals surface area (Å²) in [6.45, 7) is -0.201. The van der Waals surface area contributed by atoms with Gasteiger partial charge in [-0.05, 0) is 6.42 Å². The van der Waals surface area contributed by atoms with Crippen molar-refractivity contribution in [3.63, 3.8) is 0 Å². The van der Waals surface area contributed by atoms with Gasteiger partial charge in [-0.2, -0.15) is 17.9 Å². The van der Waals surface area contributed by atoms with Crippen LogP contribution in [0.4, 0.5) is 0 Å². The molecule has 0 aromatic carbocycles. The second-order valence-electron chi connectivity index (χ2n) is 2.91. The number of hydrogen-bond acceptors (Lipinski definition) is 5. The maximum absolute atomic E-state index is 11.3. The summed E-state index contributed by atoms with van der Waals surface area (Å²) in [5.41, 5.74) is 0. The van der Waals surface area contributed by atoms with E-state index in [2.05, 4.69) is 9.46 Å². The number of aliphatic hydroxyl groups excluding tert-OH is 1. The maximum Gasteiger partial charge on any atom is 0.321 e. The fraction of sp³-hybridized carbons (Fsp3) is 0.857. The molecule has 0 aliphatic rings. The third kappa shape index (κ3) is 6.69. The number of ether oxygens (including phenoxy) is 1. The molecule has 0 spiro atoms. The highest BCUT2D eigenvalue weighted by atomic mass is 32.2. The van der Waals surface area contributed by atoms with Crippen LogP contribution < -0.4 is 9.44 Å². The lowest BCUT2D eigenvalue weighted by molar-refractivity contribution is -0.139. The van der Waals surface area contributed by atoms with Crippen molar-refractivity contribution in [1.29, 1.82) is 0 Å². The number of methoxy groups -OCH3 is 1. The summed E-state index contributed by atoms with van der Waals surface area (Å²) in [6, 6.07) is -1.34. The minimum atomic E-state index is -3.89. The topological polar surface area (TPSA) is 125 Å². The molecule has 0 unspecified atom stereocenters. The molecule has 0 rings (SSSR count). The zero-order chi connectivity index (χ0) is 12.6. The number of nitrogens with one attached hydrogen (secondary N) is 2. The molecule has 1 atom stereocenters. The average Bonchev–Trinajstić information content (AvgIpc) is 2.17. The van der Waals surface area contributed by atoms with E-state index in [-0.39, 0.29) is 19.6 Å². The maximum atomic E-state index is 11.3. The van der Waals surface area contributed by atoms with Crippen LogP contribution in [0.1, 0.15) is 6.42 Å². The number of aliphatic hydroxyl groups is 1. The van der Waals surface area contributed by atoms with Gasteiger partial charge in [-0.3, -0.25) is 4.79 Å². The Kier molecular flexibility index (Phi) is 7.17. The van der Waals surface area contributed by atoms with Crippen LogP contribution in [0.25, 0.3) is 0 Å². The summed E-state index contributed by atoms with van der Waals surface area (Å²) in [5.74, 6) is -1.34. The predicted molar refractivity (Wildman–Crippen MR) is 55.1 cm³/mol. The van der Waals surface area contributed by atoms with Gasteiger partial charge in [-0.15, -0.1) is 0 Å². The van der Waals surface area contributed by atoms with Crippen molar-refractivity contribution in [3.8, 4) is 0 Å². The molecule has 0 saturated heterocycles. The van der Waals surface area contributed by atoms with Crippen LogP contribution >= 0.6 is 0 Å². The lowest BCUT2D eigenvalue weighted by Crippen LogP contribution is -2.47. The Hall–Kier alpha value is -0.740. The first-order valence-corrected chi connectivity index (χ1v) is 6.00. The second kappa shape index (κ2) is 7.52. The van der Waals surface area contributed by atoms with Gasteiger partial charge >= 0.3 is 5.97 Å². The van der Waals surface area contributed by atoms with Crippen LogP contribution in [0.3, 0.4) is 0 Å². The molecule has 0 aromatic rings. The van der Waals surface area contributed by atoms with E-state index >= 15 is 0 Å². The molecule has 16 heavy (non-hydrogen) atoms. The summed E-state index contributed by atoms with van der Waals surface area (Å²) < 4.78 is 31.2. The minimum absolute atomic E-state index is 0.0390. The van der Waals surface area contributed by atoms with Crippen molar-refractivity contribution in [2.75, 3.05) is 26.9 Å². The molecule has 0 bridgehead atoms. The Balaban J connectivity index is 4.25. The lowest BCUT2D eigenvalue weighted by atomic mass is 10.2. The van der Waals surface area contributed by atoms with Gasteiger partial charge < -0.3 is 14.9 Å². The van der Waals surface area contributed by atoms with E-state index in [1.807, 2.05) is 4.72 Å². The first kappa shape index (κ1) is 15.3. The van der Waals surface area contributed by atoms with Crippen molar-refractivity contribution >= 4 is 16.2 Å². The van der Waals surface area contributed by atoms with Crippen LogP contribution in [0.2, 0.25) is 0 Å². The molecule has 96 valence electrons. The summed E-state index contributed by atoms with van der Waals surface area (Å²) in [5, 5.41) is 17.2. The molecule has 0 aromatic heterocycles. The van der Waals surface area contributed by atoms with Gasteiger partial charge in [-0.1, -0.05) is 0 Å². The quantitative estimate of drug-likeness (QED) is 0.350. The number of rotatable bonds is 9. The fourth-order valence-corrected chi connectivity index (χ4v) is 1.90. The zero-order valence-electron chi connectivity index (χ0n) is 8.84.